The number of rotatable bonds is 7. The molecule has 0 aromatic carbocycles. The first-order valence-corrected chi connectivity index (χ1v) is 6.96. The van der Waals surface area contributed by atoms with Gasteiger partial charge in [0.15, 0.2) is 0 Å². The van der Waals surface area contributed by atoms with E-state index in [0.29, 0.717) is 6.42 Å². The monoisotopic (exact) mass is 239 g/mol. The molecule has 1 rings (SSSR count). The summed E-state index contributed by atoms with van der Waals surface area (Å²) in [6.07, 6.45) is 4.11. The fraction of sp³-hybridized carbons (Fsp3) is 0.615. The van der Waals surface area contributed by atoms with Crippen LogP contribution in [0.5, 0.6) is 0 Å². The highest BCUT2D eigenvalue weighted by atomic mass is 32.1. The Bertz CT molecular complexity index is 295. The van der Waals surface area contributed by atoms with E-state index < -0.39 is 0 Å². The molecule has 1 heterocycles. The van der Waals surface area contributed by atoms with Gasteiger partial charge in [0.1, 0.15) is 0 Å². The highest BCUT2D eigenvalue weighted by molar-refractivity contribution is 7.10. The van der Waals surface area contributed by atoms with E-state index in [1.807, 2.05) is 22.4 Å². The number of thiophene rings is 1. The minimum atomic E-state index is 0.265. The summed E-state index contributed by atoms with van der Waals surface area (Å²) < 4.78 is 0. The summed E-state index contributed by atoms with van der Waals surface area (Å²) in [6.45, 7) is 5.98. The number of unbranched alkanes of at least 4 members (excludes halogenated alkanes) is 2. The average Bonchev–Trinajstić information content (AvgIpc) is 2.77. The van der Waals surface area contributed by atoms with Crippen molar-refractivity contribution in [1.29, 1.82) is 0 Å². The number of hydrogen-bond acceptors (Lipinski definition) is 2. The van der Waals surface area contributed by atoms with Crippen LogP contribution < -0.4 is 0 Å². The molecule has 16 heavy (non-hydrogen) atoms. The first-order chi connectivity index (χ1) is 7.77. The maximum absolute atomic E-state index is 12.0. The van der Waals surface area contributed by atoms with Crippen LogP contribution in [-0.4, -0.2) is 23.9 Å². The second-order valence-electron chi connectivity index (χ2n) is 3.94. The van der Waals surface area contributed by atoms with Crippen molar-refractivity contribution in [3.05, 3.63) is 22.4 Å². The van der Waals surface area contributed by atoms with E-state index in [4.69, 9.17) is 0 Å². The molecule has 0 unspecified atom stereocenters. The van der Waals surface area contributed by atoms with Gasteiger partial charge in [-0.15, -0.1) is 11.3 Å². The fourth-order valence-corrected chi connectivity index (χ4v) is 2.38. The van der Waals surface area contributed by atoms with Crippen LogP contribution in [0.3, 0.4) is 0 Å². The van der Waals surface area contributed by atoms with E-state index in [1.165, 1.54) is 17.7 Å². The molecule has 0 spiro atoms. The maximum Gasteiger partial charge on any atom is 0.227 e. The van der Waals surface area contributed by atoms with Crippen molar-refractivity contribution in [2.24, 2.45) is 0 Å². The first-order valence-electron chi connectivity index (χ1n) is 6.08. The van der Waals surface area contributed by atoms with Gasteiger partial charge in [0.05, 0.1) is 6.42 Å². The lowest BCUT2D eigenvalue weighted by molar-refractivity contribution is -0.130. The van der Waals surface area contributed by atoms with Gasteiger partial charge in [-0.05, 0) is 24.8 Å². The van der Waals surface area contributed by atoms with Crippen LogP contribution in [-0.2, 0) is 11.2 Å². The number of likely N-dealkylation sites (N-methyl/N-ethyl adjacent to an activating group) is 1. The van der Waals surface area contributed by atoms with Gasteiger partial charge in [-0.2, -0.15) is 0 Å². The van der Waals surface area contributed by atoms with Crippen LogP contribution in [0.4, 0.5) is 0 Å². The molecule has 0 atom stereocenters. The van der Waals surface area contributed by atoms with Gasteiger partial charge in [-0.1, -0.05) is 25.8 Å². The maximum atomic E-state index is 12.0. The van der Waals surface area contributed by atoms with Crippen molar-refractivity contribution in [1.82, 2.24) is 4.90 Å². The number of carbonyl (C=O) groups is 1. The molecule has 0 saturated heterocycles. The standard InChI is InChI=1S/C13H21NOS/c1-3-5-6-9-14(4-2)13(15)11-12-8-7-10-16-12/h7-8,10H,3-6,9,11H2,1-2H3. The minimum absolute atomic E-state index is 0.265. The van der Waals surface area contributed by atoms with Gasteiger partial charge in [0.2, 0.25) is 5.91 Å². The van der Waals surface area contributed by atoms with Crippen molar-refractivity contribution < 1.29 is 4.79 Å². The number of hydrogen-bond donors (Lipinski definition) is 0. The van der Waals surface area contributed by atoms with E-state index in [2.05, 4.69) is 13.8 Å². The lowest BCUT2D eigenvalue weighted by Gasteiger charge is -2.20. The molecule has 3 heteroatoms. The molecular formula is C13H21NOS. The van der Waals surface area contributed by atoms with Gasteiger partial charge in [-0.25, -0.2) is 0 Å². The third-order valence-electron chi connectivity index (χ3n) is 2.67. The Balaban J connectivity index is 2.37. The molecular weight excluding hydrogens is 218 g/mol. The number of nitrogens with zero attached hydrogens (tertiary/aromatic N) is 1. The molecule has 0 bridgehead atoms. The van der Waals surface area contributed by atoms with Gasteiger partial charge in [-0.3, -0.25) is 4.79 Å². The molecule has 1 amide bonds. The lowest BCUT2D eigenvalue weighted by Crippen LogP contribution is -2.32. The van der Waals surface area contributed by atoms with Crippen molar-refractivity contribution in [2.75, 3.05) is 13.1 Å². The number of carbonyl (C=O) groups excluding carboxylic acids is 1. The van der Waals surface area contributed by atoms with Crippen molar-refractivity contribution in [2.45, 2.75) is 39.5 Å². The lowest BCUT2D eigenvalue weighted by atomic mass is 10.2. The van der Waals surface area contributed by atoms with E-state index in [0.717, 1.165) is 19.5 Å². The average molecular weight is 239 g/mol. The van der Waals surface area contributed by atoms with Gasteiger partial charge in [0, 0.05) is 18.0 Å². The van der Waals surface area contributed by atoms with Crippen LogP contribution in [0.15, 0.2) is 17.5 Å². The predicted molar refractivity (Wildman–Crippen MR) is 69.8 cm³/mol. The molecule has 90 valence electrons. The number of amides is 1. The summed E-state index contributed by atoms with van der Waals surface area (Å²) in [6, 6.07) is 4.03. The molecule has 0 aliphatic heterocycles. The third kappa shape index (κ3) is 4.35. The van der Waals surface area contributed by atoms with E-state index >= 15 is 0 Å². The summed E-state index contributed by atoms with van der Waals surface area (Å²) in [5.41, 5.74) is 0. The Labute approximate surface area is 102 Å². The Morgan fingerprint density at radius 2 is 2.19 bits per heavy atom. The molecule has 1 aromatic rings. The van der Waals surface area contributed by atoms with Crippen molar-refractivity contribution in [3.8, 4) is 0 Å². The summed E-state index contributed by atoms with van der Waals surface area (Å²) in [4.78, 5) is 15.1. The first kappa shape index (κ1) is 13.2. The second-order valence-corrected chi connectivity index (χ2v) is 4.97. The minimum Gasteiger partial charge on any atom is -0.343 e. The van der Waals surface area contributed by atoms with E-state index in [9.17, 15) is 4.79 Å². The normalized spacial score (nSPS) is 10.4. The molecule has 0 aliphatic rings. The van der Waals surface area contributed by atoms with Crippen LogP contribution >= 0.6 is 11.3 Å². The Morgan fingerprint density at radius 1 is 1.38 bits per heavy atom. The molecule has 2 nitrogen and oxygen atoms in total. The molecule has 0 fully saturated rings. The summed E-state index contributed by atoms with van der Waals surface area (Å²) in [5, 5.41) is 2.02. The van der Waals surface area contributed by atoms with Crippen LogP contribution in [0.2, 0.25) is 0 Å². The zero-order valence-electron chi connectivity index (χ0n) is 10.2. The Hall–Kier alpha value is -0.830. The zero-order valence-corrected chi connectivity index (χ0v) is 11.1. The van der Waals surface area contributed by atoms with Crippen molar-refractivity contribution in [3.63, 3.8) is 0 Å². The largest absolute Gasteiger partial charge is 0.343 e. The van der Waals surface area contributed by atoms with E-state index in [-0.39, 0.29) is 5.91 Å². The molecule has 0 radical (unpaired) electrons. The quantitative estimate of drug-likeness (QED) is 0.668. The third-order valence-corrected chi connectivity index (χ3v) is 3.55. The molecule has 0 saturated carbocycles. The summed E-state index contributed by atoms with van der Waals surface area (Å²) in [5.74, 6) is 0.265. The van der Waals surface area contributed by atoms with E-state index in [1.54, 1.807) is 11.3 Å². The molecule has 1 aromatic heterocycles. The topological polar surface area (TPSA) is 20.3 Å². The second kappa shape index (κ2) is 7.44. The zero-order chi connectivity index (χ0) is 11.8. The fourth-order valence-electron chi connectivity index (χ4n) is 1.69. The smallest absolute Gasteiger partial charge is 0.227 e. The summed E-state index contributed by atoms with van der Waals surface area (Å²) >= 11 is 1.66. The predicted octanol–water partition coefficient (Wildman–Crippen LogP) is 3.33. The highest BCUT2D eigenvalue weighted by Crippen LogP contribution is 2.11. The van der Waals surface area contributed by atoms with Crippen LogP contribution in [0.1, 0.15) is 38.0 Å². The van der Waals surface area contributed by atoms with Crippen LogP contribution in [0.25, 0.3) is 0 Å². The highest BCUT2D eigenvalue weighted by Gasteiger charge is 2.11. The molecule has 0 aliphatic carbocycles. The van der Waals surface area contributed by atoms with Crippen molar-refractivity contribution >= 4 is 17.2 Å². The Kier molecular flexibility index (Phi) is 6.16. The molecule has 0 N–H and O–H groups in total. The van der Waals surface area contributed by atoms with Gasteiger partial charge >= 0.3 is 0 Å². The Morgan fingerprint density at radius 3 is 2.75 bits per heavy atom. The summed E-state index contributed by atoms with van der Waals surface area (Å²) in [7, 11) is 0. The van der Waals surface area contributed by atoms with Gasteiger partial charge < -0.3 is 4.90 Å². The van der Waals surface area contributed by atoms with Gasteiger partial charge in [0.25, 0.3) is 0 Å². The van der Waals surface area contributed by atoms with Crippen LogP contribution in [0, 0.1) is 0 Å². The SMILES string of the molecule is CCCCCN(CC)C(=O)Cc1cccs1.